The minimum atomic E-state index is -0.469. The number of carbonyl (C=O) groups excluding carboxylic acids is 2. The van der Waals surface area contributed by atoms with Gasteiger partial charge in [0.05, 0.1) is 13.2 Å². The summed E-state index contributed by atoms with van der Waals surface area (Å²) in [4.78, 5) is 27.6. The fraction of sp³-hybridized carbons (Fsp3) is 0.533. The quantitative estimate of drug-likeness (QED) is 0.585. The van der Waals surface area contributed by atoms with E-state index >= 15 is 0 Å². The van der Waals surface area contributed by atoms with E-state index in [1.807, 2.05) is 31.2 Å². The molecule has 6 nitrogen and oxygen atoms in total. The molecule has 6 heteroatoms. The summed E-state index contributed by atoms with van der Waals surface area (Å²) >= 11 is 0. The monoisotopic (exact) mass is 488 g/mol. The number of hydrogen-bond acceptors (Lipinski definition) is 5. The van der Waals surface area contributed by atoms with E-state index < -0.39 is 6.09 Å². The zero-order chi connectivity index (χ0) is 24.9. The van der Waals surface area contributed by atoms with Crippen LogP contribution < -0.4 is 15.0 Å². The molecule has 1 saturated heterocycles. The number of Topliss-reactive ketones (excluding diaryl/α,β-unsaturated/α-hetero) is 1. The molecule has 190 valence electrons. The van der Waals surface area contributed by atoms with E-state index in [9.17, 15) is 9.59 Å². The molecular formula is C30H36N2O4. The Morgan fingerprint density at radius 1 is 1.08 bits per heavy atom. The first kappa shape index (κ1) is 23.5. The van der Waals surface area contributed by atoms with Crippen molar-refractivity contribution < 1.29 is 19.1 Å². The van der Waals surface area contributed by atoms with Gasteiger partial charge in [0.2, 0.25) is 0 Å². The van der Waals surface area contributed by atoms with Gasteiger partial charge >= 0.3 is 6.09 Å². The molecule has 0 radical (unpaired) electrons. The summed E-state index contributed by atoms with van der Waals surface area (Å²) in [5.74, 6) is 2.75. The van der Waals surface area contributed by atoms with E-state index in [0.29, 0.717) is 35.0 Å². The van der Waals surface area contributed by atoms with Crippen LogP contribution in [0.25, 0.3) is 0 Å². The highest BCUT2D eigenvalue weighted by Gasteiger charge is 2.54. The molecule has 0 spiro atoms. The number of anilines is 2. The van der Waals surface area contributed by atoms with Crippen molar-refractivity contribution in [1.82, 2.24) is 0 Å². The highest BCUT2D eigenvalue weighted by molar-refractivity contribution is 5.87. The molecule has 4 aliphatic rings. The third-order valence-corrected chi connectivity index (χ3v) is 9.42. The van der Waals surface area contributed by atoms with Gasteiger partial charge in [-0.1, -0.05) is 13.0 Å². The van der Waals surface area contributed by atoms with Gasteiger partial charge < -0.3 is 14.4 Å². The van der Waals surface area contributed by atoms with Crippen molar-refractivity contribution in [3.8, 4) is 5.75 Å². The number of hydrogen-bond donors (Lipinski definition) is 1. The van der Waals surface area contributed by atoms with Crippen molar-refractivity contribution in [2.75, 3.05) is 36.5 Å². The van der Waals surface area contributed by atoms with Crippen LogP contribution in [0.2, 0.25) is 0 Å². The number of ether oxygens (including phenoxy) is 2. The summed E-state index contributed by atoms with van der Waals surface area (Å²) in [5, 5.41) is 2.87. The SMILES string of the molecule is Cc1cc2c(cc1OC(=O)Nc1ccc(N3CCOCC3)cc1)CCC1C2CCC2(C)C(=O)CCC12. The highest BCUT2D eigenvalue weighted by Crippen LogP contribution is 2.59. The fourth-order valence-corrected chi connectivity index (χ4v) is 7.41. The Bertz CT molecular complexity index is 1170. The number of morpholine rings is 1. The molecule has 3 aliphatic carbocycles. The maximum absolute atomic E-state index is 12.7. The average molecular weight is 489 g/mol. The van der Waals surface area contributed by atoms with Gasteiger partial charge in [-0.3, -0.25) is 10.1 Å². The van der Waals surface area contributed by atoms with Crippen LogP contribution in [0.15, 0.2) is 36.4 Å². The summed E-state index contributed by atoms with van der Waals surface area (Å²) in [6, 6.07) is 12.2. The average Bonchev–Trinajstić information content (AvgIpc) is 3.20. The molecule has 4 atom stereocenters. The molecule has 4 unspecified atom stereocenters. The second-order valence-electron chi connectivity index (χ2n) is 11.3. The van der Waals surface area contributed by atoms with Crippen molar-refractivity contribution in [1.29, 1.82) is 0 Å². The maximum atomic E-state index is 12.7. The molecule has 36 heavy (non-hydrogen) atoms. The van der Waals surface area contributed by atoms with Gasteiger partial charge in [-0.2, -0.15) is 0 Å². The Balaban J connectivity index is 1.13. The number of amides is 1. The van der Waals surface area contributed by atoms with E-state index in [1.165, 1.54) is 11.1 Å². The lowest BCUT2D eigenvalue weighted by molar-refractivity contribution is -0.129. The maximum Gasteiger partial charge on any atom is 0.417 e. The van der Waals surface area contributed by atoms with Crippen LogP contribution in [0.4, 0.5) is 16.2 Å². The van der Waals surface area contributed by atoms with Crippen LogP contribution in [0, 0.1) is 24.2 Å². The predicted octanol–water partition coefficient (Wildman–Crippen LogP) is 5.87. The summed E-state index contributed by atoms with van der Waals surface area (Å²) in [5.41, 5.74) is 5.44. The van der Waals surface area contributed by atoms with Crippen molar-refractivity contribution in [2.24, 2.45) is 17.3 Å². The lowest BCUT2D eigenvalue weighted by Crippen LogP contribution is -2.42. The normalized spacial score (nSPS) is 29.2. The van der Waals surface area contributed by atoms with Crippen LogP contribution in [-0.4, -0.2) is 38.2 Å². The van der Waals surface area contributed by atoms with E-state index in [2.05, 4.69) is 29.3 Å². The Morgan fingerprint density at radius 2 is 1.86 bits per heavy atom. The first-order valence-corrected chi connectivity index (χ1v) is 13.5. The molecule has 3 fully saturated rings. The molecule has 1 heterocycles. The summed E-state index contributed by atoms with van der Waals surface area (Å²) in [6.07, 6.45) is 5.53. The number of benzene rings is 2. The lowest BCUT2D eigenvalue weighted by atomic mass is 9.55. The Hall–Kier alpha value is -2.86. The number of aryl methyl sites for hydroxylation is 2. The van der Waals surface area contributed by atoms with Crippen LogP contribution in [0.5, 0.6) is 5.75 Å². The standard InChI is InChI=1S/C30H36N2O4/c1-19-17-25-20(3-8-24-23(25)11-12-30(2)26(24)9-10-28(30)33)18-27(19)36-29(34)31-21-4-6-22(7-5-21)32-13-15-35-16-14-32/h4-7,17-18,23-24,26H,3,8-16H2,1-2H3,(H,31,34). The third-order valence-electron chi connectivity index (χ3n) is 9.42. The molecule has 2 aromatic carbocycles. The molecule has 6 rings (SSSR count). The largest absolute Gasteiger partial charge is 0.417 e. The van der Waals surface area contributed by atoms with E-state index in [4.69, 9.17) is 9.47 Å². The van der Waals surface area contributed by atoms with Crippen LogP contribution in [-0.2, 0) is 16.0 Å². The van der Waals surface area contributed by atoms with Gasteiger partial charge in [0, 0.05) is 36.3 Å². The van der Waals surface area contributed by atoms with E-state index in [-0.39, 0.29) is 5.41 Å². The molecule has 2 saturated carbocycles. The molecule has 0 bridgehead atoms. The summed E-state index contributed by atoms with van der Waals surface area (Å²) in [6.45, 7) is 7.49. The lowest BCUT2D eigenvalue weighted by Gasteiger charge is -2.48. The summed E-state index contributed by atoms with van der Waals surface area (Å²) in [7, 11) is 0. The van der Waals surface area contributed by atoms with Gasteiger partial charge in [0.15, 0.2) is 0 Å². The highest BCUT2D eigenvalue weighted by atomic mass is 16.6. The van der Waals surface area contributed by atoms with Gasteiger partial charge in [-0.25, -0.2) is 4.79 Å². The van der Waals surface area contributed by atoms with E-state index in [1.54, 1.807) is 0 Å². The Morgan fingerprint density at radius 3 is 2.64 bits per heavy atom. The fourth-order valence-electron chi connectivity index (χ4n) is 7.41. The van der Waals surface area contributed by atoms with Gasteiger partial charge in [-0.05, 0) is 104 Å². The minimum absolute atomic E-state index is 0.102. The number of carbonyl (C=O) groups is 2. The van der Waals surface area contributed by atoms with Crippen LogP contribution >= 0.6 is 0 Å². The smallest absolute Gasteiger partial charge is 0.410 e. The third kappa shape index (κ3) is 4.09. The molecule has 2 aromatic rings. The number of fused-ring (bicyclic) bond motifs is 5. The van der Waals surface area contributed by atoms with Crippen molar-refractivity contribution in [3.05, 3.63) is 53.1 Å². The van der Waals surface area contributed by atoms with Crippen LogP contribution in [0.3, 0.4) is 0 Å². The zero-order valence-corrected chi connectivity index (χ0v) is 21.3. The zero-order valence-electron chi connectivity index (χ0n) is 21.3. The van der Waals surface area contributed by atoms with Gasteiger partial charge in [0.1, 0.15) is 11.5 Å². The first-order valence-electron chi connectivity index (χ1n) is 13.5. The molecule has 1 amide bonds. The first-order chi connectivity index (χ1) is 17.4. The number of rotatable bonds is 3. The van der Waals surface area contributed by atoms with Crippen LogP contribution in [0.1, 0.15) is 61.6 Å². The molecular weight excluding hydrogens is 452 g/mol. The topological polar surface area (TPSA) is 67.9 Å². The predicted molar refractivity (Wildman–Crippen MR) is 140 cm³/mol. The molecule has 1 aliphatic heterocycles. The number of ketones is 1. The Kier molecular flexibility index (Phi) is 6.03. The molecule has 1 N–H and O–H groups in total. The van der Waals surface area contributed by atoms with Gasteiger partial charge in [0.25, 0.3) is 0 Å². The number of nitrogens with zero attached hydrogens (tertiary/aromatic N) is 1. The van der Waals surface area contributed by atoms with E-state index in [0.717, 1.165) is 76.1 Å². The van der Waals surface area contributed by atoms with Gasteiger partial charge in [-0.15, -0.1) is 0 Å². The second-order valence-corrected chi connectivity index (χ2v) is 11.3. The van der Waals surface area contributed by atoms with Crippen molar-refractivity contribution >= 4 is 23.3 Å². The minimum Gasteiger partial charge on any atom is -0.410 e. The van der Waals surface area contributed by atoms with Crippen molar-refractivity contribution in [2.45, 2.75) is 58.3 Å². The Labute approximate surface area is 213 Å². The summed E-state index contributed by atoms with van der Waals surface area (Å²) < 4.78 is 11.2. The van der Waals surface area contributed by atoms with Crippen molar-refractivity contribution in [3.63, 3.8) is 0 Å². The number of nitrogens with one attached hydrogen (secondary N) is 1. The second kappa shape index (κ2) is 9.22. The molecule has 0 aromatic heterocycles.